The van der Waals surface area contributed by atoms with Gasteiger partial charge in [-0.1, -0.05) is 25.1 Å². The molecule has 1 aromatic carbocycles. The zero-order chi connectivity index (χ0) is 20.3. The number of benzene rings is 1. The van der Waals surface area contributed by atoms with Crippen LogP contribution in [0, 0.1) is 11.8 Å². The molecule has 0 N–H and O–H groups in total. The molecule has 2 fully saturated rings. The molecule has 0 bridgehead atoms. The minimum Gasteiger partial charge on any atom is -0.466 e. The molecule has 2 aliphatic heterocycles. The third-order valence-corrected chi connectivity index (χ3v) is 6.91. The highest BCUT2D eigenvalue weighted by atomic mass is 32.2. The lowest BCUT2D eigenvalue weighted by molar-refractivity contribution is -0.161. The summed E-state index contributed by atoms with van der Waals surface area (Å²) in [4.78, 5) is 12.9. The number of rotatable bonds is 7. The quantitative estimate of drug-likeness (QED) is 0.644. The van der Waals surface area contributed by atoms with Crippen molar-refractivity contribution in [1.82, 2.24) is 0 Å². The SMILES string of the molecule is CCOC(=O)CC1OC(C2COC(C)(C)O2)C(C)C1CS(=O)c1ccccc1. The molecular formula is C21H30O6S. The Hall–Kier alpha value is -1.28. The van der Waals surface area contributed by atoms with Crippen LogP contribution in [0.1, 0.15) is 34.1 Å². The van der Waals surface area contributed by atoms with Crippen LogP contribution >= 0.6 is 0 Å². The molecule has 2 saturated heterocycles. The van der Waals surface area contributed by atoms with E-state index in [4.69, 9.17) is 18.9 Å². The molecular weight excluding hydrogens is 380 g/mol. The van der Waals surface area contributed by atoms with E-state index < -0.39 is 16.6 Å². The summed E-state index contributed by atoms with van der Waals surface area (Å²) in [6.45, 7) is 8.40. The van der Waals surface area contributed by atoms with Gasteiger partial charge >= 0.3 is 5.97 Å². The molecule has 0 spiro atoms. The lowest BCUT2D eigenvalue weighted by atomic mass is 9.87. The topological polar surface area (TPSA) is 71.1 Å². The molecule has 0 saturated carbocycles. The fourth-order valence-corrected chi connectivity index (χ4v) is 5.52. The molecule has 28 heavy (non-hydrogen) atoms. The van der Waals surface area contributed by atoms with Crippen LogP contribution in [0.15, 0.2) is 35.2 Å². The normalized spacial score (nSPS) is 32.9. The summed E-state index contributed by atoms with van der Waals surface area (Å²) in [5.41, 5.74) is 0. The molecule has 7 heteroatoms. The van der Waals surface area contributed by atoms with Crippen molar-refractivity contribution in [3.63, 3.8) is 0 Å². The second-order valence-corrected chi connectivity index (χ2v) is 9.36. The molecule has 0 aliphatic carbocycles. The smallest absolute Gasteiger partial charge is 0.308 e. The monoisotopic (exact) mass is 410 g/mol. The van der Waals surface area contributed by atoms with E-state index >= 15 is 0 Å². The molecule has 3 rings (SSSR count). The molecule has 0 radical (unpaired) electrons. The zero-order valence-corrected chi connectivity index (χ0v) is 17.8. The van der Waals surface area contributed by atoms with E-state index in [0.29, 0.717) is 19.0 Å². The lowest BCUT2D eigenvalue weighted by Crippen LogP contribution is -2.35. The van der Waals surface area contributed by atoms with Crippen LogP contribution in [0.2, 0.25) is 0 Å². The van der Waals surface area contributed by atoms with E-state index in [1.165, 1.54) is 0 Å². The highest BCUT2D eigenvalue weighted by Gasteiger charge is 2.50. The minimum absolute atomic E-state index is 0.0391. The first-order valence-corrected chi connectivity index (χ1v) is 11.2. The number of hydrogen-bond donors (Lipinski definition) is 0. The van der Waals surface area contributed by atoms with Crippen molar-refractivity contribution in [3.05, 3.63) is 30.3 Å². The van der Waals surface area contributed by atoms with E-state index in [1.54, 1.807) is 6.92 Å². The van der Waals surface area contributed by atoms with E-state index in [0.717, 1.165) is 4.90 Å². The van der Waals surface area contributed by atoms with Gasteiger partial charge in [-0.3, -0.25) is 9.00 Å². The average molecular weight is 411 g/mol. The Balaban J connectivity index is 1.75. The number of hydrogen-bond acceptors (Lipinski definition) is 6. The van der Waals surface area contributed by atoms with Crippen molar-refractivity contribution in [1.29, 1.82) is 0 Å². The second kappa shape index (κ2) is 9.03. The molecule has 2 aliphatic rings. The maximum absolute atomic E-state index is 12.9. The van der Waals surface area contributed by atoms with Gasteiger partial charge in [0.2, 0.25) is 0 Å². The first-order chi connectivity index (χ1) is 13.3. The molecule has 6 unspecified atom stereocenters. The molecule has 0 amide bonds. The fourth-order valence-electron chi connectivity index (χ4n) is 4.00. The van der Waals surface area contributed by atoms with Gasteiger partial charge in [0.1, 0.15) is 6.10 Å². The van der Waals surface area contributed by atoms with Gasteiger partial charge in [0, 0.05) is 16.6 Å². The van der Waals surface area contributed by atoms with Gasteiger partial charge in [-0.05, 0) is 38.8 Å². The first-order valence-electron chi connectivity index (χ1n) is 9.87. The number of esters is 1. The average Bonchev–Trinajstić information content (AvgIpc) is 3.16. The van der Waals surface area contributed by atoms with Gasteiger partial charge in [-0.25, -0.2) is 0 Å². The number of carbonyl (C=O) groups is 1. The maximum Gasteiger partial charge on any atom is 0.308 e. The number of ether oxygens (including phenoxy) is 4. The predicted molar refractivity (Wildman–Crippen MR) is 105 cm³/mol. The third-order valence-electron chi connectivity index (χ3n) is 5.42. The Morgan fingerprint density at radius 1 is 1.29 bits per heavy atom. The molecule has 156 valence electrons. The number of carbonyl (C=O) groups excluding carboxylic acids is 1. The molecule has 1 aromatic rings. The van der Waals surface area contributed by atoms with E-state index in [9.17, 15) is 9.00 Å². The van der Waals surface area contributed by atoms with Crippen molar-refractivity contribution >= 4 is 16.8 Å². The van der Waals surface area contributed by atoms with Gasteiger partial charge in [-0.15, -0.1) is 0 Å². The van der Waals surface area contributed by atoms with Gasteiger partial charge < -0.3 is 18.9 Å². The summed E-state index contributed by atoms with van der Waals surface area (Å²) in [7, 11) is -1.17. The summed E-state index contributed by atoms with van der Waals surface area (Å²) in [6.07, 6.45) is -0.606. The van der Waals surface area contributed by atoms with Crippen LogP contribution < -0.4 is 0 Å². The van der Waals surface area contributed by atoms with Crippen molar-refractivity contribution in [3.8, 4) is 0 Å². The van der Waals surface area contributed by atoms with Crippen molar-refractivity contribution in [2.75, 3.05) is 19.0 Å². The fraction of sp³-hybridized carbons (Fsp3) is 0.667. The van der Waals surface area contributed by atoms with Gasteiger partial charge in [0.15, 0.2) is 5.79 Å². The van der Waals surface area contributed by atoms with Gasteiger partial charge in [0.25, 0.3) is 0 Å². The van der Waals surface area contributed by atoms with Crippen molar-refractivity contribution in [2.24, 2.45) is 11.8 Å². The van der Waals surface area contributed by atoms with Crippen LogP contribution in [0.4, 0.5) is 0 Å². The van der Waals surface area contributed by atoms with Gasteiger partial charge in [0.05, 0.1) is 42.6 Å². The molecule has 2 heterocycles. The van der Waals surface area contributed by atoms with Gasteiger partial charge in [-0.2, -0.15) is 0 Å². The molecule has 6 atom stereocenters. The van der Waals surface area contributed by atoms with Crippen LogP contribution in [0.25, 0.3) is 0 Å². The molecule has 0 aromatic heterocycles. The standard InChI is InChI=1S/C21H30O6S/c1-5-24-19(22)11-17-16(13-28(23)15-9-7-6-8-10-15)14(2)20(26-17)18-12-25-21(3,4)27-18/h6-10,14,16-18,20H,5,11-13H2,1-4H3. The highest BCUT2D eigenvalue weighted by molar-refractivity contribution is 7.85. The van der Waals surface area contributed by atoms with Crippen molar-refractivity contribution in [2.45, 2.75) is 63.1 Å². The summed E-state index contributed by atoms with van der Waals surface area (Å²) in [5, 5.41) is 0. The zero-order valence-electron chi connectivity index (χ0n) is 17.0. The van der Waals surface area contributed by atoms with E-state index in [1.807, 2.05) is 44.2 Å². The van der Waals surface area contributed by atoms with Crippen LogP contribution in [-0.4, -0.2) is 53.2 Å². The van der Waals surface area contributed by atoms with Crippen LogP contribution in [0.5, 0.6) is 0 Å². The van der Waals surface area contributed by atoms with Crippen LogP contribution in [-0.2, 0) is 34.5 Å². The predicted octanol–water partition coefficient (Wildman–Crippen LogP) is 2.92. The van der Waals surface area contributed by atoms with E-state index in [2.05, 4.69) is 6.92 Å². The summed E-state index contributed by atoms with van der Waals surface area (Å²) in [6, 6.07) is 9.40. The summed E-state index contributed by atoms with van der Waals surface area (Å²) < 4.78 is 36.0. The Morgan fingerprint density at radius 2 is 2.00 bits per heavy atom. The van der Waals surface area contributed by atoms with Crippen LogP contribution in [0.3, 0.4) is 0 Å². The highest BCUT2D eigenvalue weighted by Crippen LogP contribution is 2.40. The van der Waals surface area contributed by atoms with E-state index in [-0.39, 0.29) is 42.5 Å². The Bertz CT molecular complexity index is 691. The largest absolute Gasteiger partial charge is 0.466 e. The Morgan fingerprint density at radius 3 is 2.61 bits per heavy atom. The third kappa shape index (κ3) is 5.00. The maximum atomic E-state index is 12.9. The Labute approximate surface area is 169 Å². The second-order valence-electron chi connectivity index (χ2n) is 7.86. The first kappa shape index (κ1) is 21.4. The summed E-state index contributed by atoms with van der Waals surface area (Å²) >= 11 is 0. The molecule has 6 nitrogen and oxygen atoms in total. The van der Waals surface area contributed by atoms with Crippen molar-refractivity contribution < 1.29 is 28.0 Å². The Kier molecular flexibility index (Phi) is 6.91. The minimum atomic E-state index is -1.17. The summed E-state index contributed by atoms with van der Waals surface area (Å²) in [5.74, 6) is -0.463. The lowest BCUT2D eigenvalue weighted by Gasteiger charge is -2.24.